The highest BCUT2D eigenvalue weighted by Gasteiger charge is 2.41. The fourth-order valence-corrected chi connectivity index (χ4v) is 6.98. The number of ether oxygens (including phenoxy) is 1. The van der Waals surface area contributed by atoms with Crippen molar-refractivity contribution in [2.24, 2.45) is 5.92 Å². The number of fused-ring (bicyclic) bond motifs is 1. The molecule has 38 heavy (non-hydrogen) atoms. The zero-order valence-electron chi connectivity index (χ0n) is 22.2. The summed E-state index contributed by atoms with van der Waals surface area (Å²) in [5.74, 6) is 2.67. The zero-order valence-corrected chi connectivity index (χ0v) is 23.0. The fourth-order valence-electron chi connectivity index (χ4n) is 5.91. The summed E-state index contributed by atoms with van der Waals surface area (Å²) < 4.78 is 29.2. The van der Waals surface area contributed by atoms with Gasteiger partial charge in [0.2, 0.25) is 5.95 Å². The number of pyridine rings is 1. The highest BCUT2D eigenvalue weighted by molar-refractivity contribution is 7.90. The first-order valence-electron chi connectivity index (χ1n) is 13.4. The maximum Gasteiger partial charge on any atom is 0.247 e. The van der Waals surface area contributed by atoms with E-state index in [1.54, 1.807) is 6.20 Å². The van der Waals surface area contributed by atoms with E-state index in [1.165, 1.54) is 11.8 Å². The van der Waals surface area contributed by atoms with Crippen molar-refractivity contribution in [3.05, 3.63) is 36.2 Å². The molecule has 11 heteroatoms. The Morgan fingerprint density at radius 2 is 1.84 bits per heavy atom. The van der Waals surface area contributed by atoms with Crippen LogP contribution in [0.5, 0.6) is 0 Å². The molecule has 6 rings (SSSR count). The Bertz CT molecular complexity index is 1440. The Morgan fingerprint density at radius 3 is 2.50 bits per heavy atom. The van der Waals surface area contributed by atoms with Crippen LogP contribution >= 0.6 is 0 Å². The quantitative estimate of drug-likeness (QED) is 0.480. The topological polar surface area (TPSA) is 113 Å². The number of piperidine rings is 1. The smallest absolute Gasteiger partial charge is 0.247 e. The van der Waals surface area contributed by atoms with Gasteiger partial charge in [0.15, 0.2) is 5.82 Å². The first-order valence-corrected chi connectivity index (χ1v) is 15.5. The van der Waals surface area contributed by atoms with Crippen LogP contribution in [-0.4, -0.2) is 79.0 Å². The average Bonchev–Trinajstić information content (AvgIpc) is 2.84. The molecule has 3 aliphatic rings. The minimum Gasteiger partial charge on any atom is -0.375 e. The van der Waals surface area contributed by atoms with Gasteiger partial charge in [-0.2, -0.15) is 10.1 Å². The third-order valence-corrected chi connectivity index (χ3v) is 9.17. The molecular weight excluding hydrogens is 502 g/mol. The summed E-state index contributed by atoms with van der Waals surface area (Å²) in [7, 11) is -2.97. The van der Waals surface area contributed by atoms with Crippen LogP contribution in [0.1, 0.15) is 44.6 Å². The van der Waals surface area contributed by atoms with E-state index < -0.39 is 9.84 Å². The number of hydrogen-bond acceptors (Lipinski definition) is 10. The van der Waals surface area contributed by atoms with Crippen molar-refractivity contribution < 1.29 is 13.2 Å². The lowest BCUT2D eigenvalue weighted by atomic mass is 9.84. The van der Waals surface area contributed by atoms with Gasteiger partial charge in [0.05, 0.1) is 24.2 Å². The SMILES string of the molecule is CC(C)c1ccc(N2CC(CS(C)(=O)=O)C2)c2cnc(Nc3cnnc(N4CCC5(CCO5)CC4)n3)cc12. The number of hydrogen-bond donors (Lipinski definition) is 1. The molecule has 0 unspecified atom stereocenters. The minimum atomic E-state index is -2.97. The van der Waals surface area contributed by atoms with Gasteiger partial charge in [-0.25, -0.2) is 13.4 Å². The van der Waals surface area contributed by atoms with Crippen LogP contribution in [0, 0.1) is 5.92 Å². The lowest BCUT2D eigenvalue weighted by Gasteiger charge is -2.47. The molecule has 3 fully saturated rings. The molecule has 3 aromatic rings. The van der Waals surface area contributed by atoms with Gasteiger partial charge in [0, 0.05) is 55.6 Å². The average molecular weight is 538 g/mol. The third kappa shape index (κ3) is 5.01. The molecule has 3 aliphatic heterocycles. The molecule has 5 heterocycles. The number of benzene rings is 1. The number of anilines is 4. The molecule has 0 saturated carbocycles. The van der Waals surface area contributed by atoms with E-state index >= 15 is 0 Å². The van der Waals surface area contributed by atoms with Crippen LogP contribution in [0.3, 0.4) is 0 Å². The van der Waals surface area contributed by atoms with E-state index in [-0.39, 0.29) is 17.3 Å². The monoisotopic (exact) mass is 537 g/mol. The summed E-state index contributed by atoms with van der Waals surface area (Å²) >= 11 is 0. The van der Waals surface area contributed by atoms with Crippen LogP contribution in [0.15, 0.2) is 30.6 Å². The summed E-state index contributed by atoms with van der Waals surface area (Å²) in [6, 6.07) is 6.39. The van der Waals surface area contributed by atoms with Crippen molar-refractivity contribution in [1.82, 2.24) is 20.2 Å². The Balaban J connectivity index is 1.22. The fraction of sp³-hybridized carbons (Fsp3) is 0.556. The van der Waals surface area contributed by atoms with Gasteiger partial charge < -0.3 is 19.9 Å². The molecule has 1 spiro atoms. The first-order chi connectivity index (χ1) is 18.2. The van der Waals surface area contributed by atoms with E-state index in [0.717, 1.165) is 68.5 Å². The highest BCUT2D eigenvalue weighted by Crippen LogP contribution is 2.38. The van der Waals surface area contributed by atoms with E-state index in [9.17, 15) is 8.42 Å². The summed E-state index contributed by atoms with van der Waals surface area (Å²) in [6.45, 7) is 8.45. The van der Waals surface area contributed by atoms with Crippen molar-refractivity contribution in [3.63, 3.8) is 0 Å². The molecule has 0 radical (unpaired) electrons. The van der Waals surface area contributed by atoms with Gasteiger partial charge >= 0.3 is 0 Å². The van der Waals surface area contributed by atoms with E-state index in [1.807, 2.05) is 6.20 Å². The van der Waals surface area contributed by atoms with Crippen LogP contribution in [0.25, 0.3) is 10.8 Å². The van der Waals surface area contributed by atoms with Crippen molar-refractivity contribution in [2.75, 3.05) is 59.9 Å². The van der Waals surface area contributed by atoms with Gasteiger partial charge in [-0.05, 0) is 48.3 Å². The Morgan fingerprint density at radius 1 is 1.08 bits per heavy atom. The molecule has 1 aromatic carbocycles. The molecule has 3 saturated heterocycles. The van der Waals surface area contributed by atoms with Crippen molar-refractivity contribution >= 4 is 43.9 Å². The molecule has 0 bridgehead atoms. The zero-order chi connectivity index (χ0) is 26.5. The normalized spacial score (nSPS) is 19.6. The summed E-state index contributed by atoms with van der Waals surface area (Å²) in [4.78, 5) is 13.9. The molecule has 1 N–H and O–H groups in total. The lowest BCUT2D eigenvalue weighted by molar-refractivity contribution is -0.158. The second-order valence-electron chi connectivity index (χ2n) is 11.3. The highest BCUT2D eigenvalue weighted by atomic mass is 32.2. The predicted octanol–water partition coefficient (Wildman–Crippen LogP) is 3.53. The van der Waals surface area contributed by atoms with Crippen molar-refractivity contribution in [1.29, 1.82) is 0 Å². The summed E-state index contributed by atoms with van der Waals surface area (Å²) in [5, 5.41) is 14.0. The Kier molecular flexibility index (Phi) is 6.38. The molecule has 2 aromatic heterocycles. The minimum absolute atomic E-state index is 0.0758. The van der Waals surface area contributed by atoms with Gasteiger partial charge in [0.25, 0.3) is 0 Å². The van der Waals surface area contributed by atoms with Crippen molar-refractivity contribution in [3.8, 4) is 0 Å². The lowest BCUT2D eigenvalue weighted by Crippen LogP contribution is -2.52. The standard InChI is InChI=1S/C27H35N7O3S/c1-18(2)20-4-5-23(34-15-19(16-34)17-38(3,35)36)22-13-28-24(12-21(20)22)30-25-14-29-32-26(31-25)33-9-6-27(7-10-33)8-11-37-27/h4-5,12-14,18-19H,6-11,15-17H2,1-3H3,(H,28,30,31,32). The molecule has 202 valence electrons. The van der Waals surface area contributed by atoms with Crippen LogP contribution in [0.2, 0.25) is 0 Å². The van der Waals surface area contributed by atoms with Crippen molar-refractivity contribution in [2.45, 2.75) is 44.6 Å². The van der Waals surface area contributed by atoms with Gasteiger partial charge in [-0.15, -0.1) is 5.10 Å². The predicted molar refractivity (Wildman–Crippen MR) is 149 cm³/mol. The second kappa shape index (κ2) is 9.60. The maximum atomic E-state index is 11.7. The summed E-state index contributed by atoms with van der Waals surface area (Å²) in [5.41, 5.74) is 2.41. The van der Waals surface area contributed by atoms with Crippen LogP contribution in [0.4, 0.5) is 23.3 Å². The number of rotatable bonds is 7. The maximum absolute atomic E-state index is 11.7. The molecule has 0 aliphatic carbocycles. The number of nitrogens with zero attached hydrogens (tertiary/aromatic N) is 6. The van der Waals surface area contributed by atoms with Gasteiger partial charge in [-0.3, -0.25) is 0 Å². The van der Waals surface area contributed by atoms with Gasteiger partial charge in [-0.1, -0.05) is 19.9 Å². The van der Waals surface area contributed by atoms with Crippen LogP contribution in [-0.2, 0) is 14.6 Å². The second-order valence-corrected chi connectivity index (χ2v) is 13.5. The number of nitrogens with one attached hydrogen (secondary N) is 1. The molecule has 10 nitrogen and oxygen atoms in total. The third-order valence-electron chi connectivity index (χ3n) is 8.10. The number of sulfone groups is 1. The van der Waals surface area contributed by atoms with Crippen LogP contribution < -0.4 is 15.1 Å². The Hall–Kier alpha value is -3.05. The largest absolute Gasteiger partial charge is 0.375 e. The van der Waals surface area contributed by atoms with Gasteiger partial charge in [0.1, 0.15) is 15.7 Å². The number of aromatic nitrogens is 4. The van der Waals surface area contributed by atoms with E-state index in [2.05, 4.69) is 57.4 Å². The molecular formula is C27H35N7O3S. The Labute approximate surface area is 223 Å². The van der Waals surface area contributed by atoms with E-state index in [4.69, 9.17) is 14.7 Å². The van der Waals surface area contributed by atoms with E-state index in [0.29, 0.717) is 23.5 Å². The molecule has 0 atom stereocenters. The first kappa shape index (κ1) is 25.2. The summed E-state index contributed by atoms with van der Waals surface area (Å²) in [6.07, 6.45) is 7.97. The molecule has 0 amide bonds.